The zero-order valence-corrected chi connectivity index (χ0v) is 14.9. The summed E-state index contributed by atoms with van der Waals surface area (Å²) in [7, 11) is 3.61. The maximum atomic E-state index is 12.7. The molecule has 0 aliphatic carbocycles. The second-order valence-electron chi connectivity index (χ2n) is 6.95. The third-order valence-electron chi connectivity index (χ3n) is 5.12. The highest BCUT2D eigenvalue weighted by Gasteiger charge is 2.41. The van der Waals surface area contributed by atoms with Gasteiger partial charge in [-0.05, 0) is 5.56 Å². The molecule has 1 fully saturated rings. The van der Waals surface area contributed by atoms with Crippen LogP contribution in [-0.2, 0) is 16.6 Å². The number of nitrogens with zero attached hydrogens (tertiary/aromatic N) is 5. The molecule has 0 aromatic carbocycles. The number of carbonyl (C=O) groups is 1. The predicted molar refractivity (Wildman–Crippen MR) is 92.8 cm³/mol. The van der Waals surface area contributed by atoms with Gasteiger partial charge in [-0.15, -0.1) is 12.3 Å². The Morgan fingerprint density at radius 3 is 2.84 bits per heavy atom. The largest absolute Gasteiger partial charge is 0.384 e. The molecular formula is C18H25N5O2. The lowest BCUT2D eigenvalue weighted by Gasteiger charge is -2.17. The lowest BCUT2D eigenvalue weighted by atomic mass is 9.92. The van der Waals surface area contributed by atoms with Crippen molar-refractivity contribution in [3.63, 3.8) is 0 Å². The number of hydrogen-bond acceptors (Lipinski definition) is 5. The zero-order chi connectivity index (χ0) is 17.9. The van der Waals surface area contributed by atoms with E-state index in [2.05, 4.69) is 21.2 Å². The summed E-state index contributed by atoms with van der Waals surface area (Å²) < 4.78 is 7.17. The molecule has 0 unspecified atom stereocenters. The zero-order valence-electron chi connectivity index (χ0n) is 14.9. The van der Waals surface area contributed by atoms with Crippen LogP contribution in [0, 0.1) is 18.3 Å². The van der Waals surface area contributed by atoms with Crippen molar-refractivity contribution < 1.29 is 9.53 Å². The summed E-state index contributed by atoms with van der Waals surface area (Å²) in [5.74, 6) is 3.33. The third-order valence-corrected chi connectivity index (χ3v) is 5.12. The number of methoxy groups -OCH3 is 1. The van der Waals surface area contributed by atoms with Crippen LogP contribution in [0.3, 0.4) is 0 Å². The second-order valence-corrected chi connectivity index (χ2v) is 6.95. The second kappa shape index (κ2) is 7.36. The fourth-order valence-electron chi connectivity index (χ4n) is 3.60. The van der Waals surface area contributed by atoms with Gasteiger partial charge in [-0.1, -0.05) is 0 Å². The molecule has 3 heterocycles. The first-order chi connectivity index (χ1) is 12.1. The average Bonchev–Trinajstić information content (AvgIpc) is 3.03. The number of hydrogen-bond donors (Lipinski definition) is 0. The van der Waals surface area contributed by atoms with Crippen molar-refractivity contribution in [2.75, 3.05) is 26.8 Å². The molecule has 2 aliphatic heterocycles. The van der Waals surface area contributed by atoms with Crippen LogP contribution >= 0.6 is 0 Å². The number of aryl methyl sites for hydroxylation is 1. The topological polar surface area (TPSA) is 72.1 Å². The number of aromatic nitrogens is 2. The molecular weight excluding hydrogens is 318 g/mol. The summed E-state index contributed by atoms with van der Waals surface area (Å²) in [6, 6.07) is 0. The molecule has 1 aromatic heterocycles. The van der Waals surface area contributed by atoms with Crippen molar-refractivity contribution in [1.29, 1.82) is 0 Å². The first kappa shape index (κ1) is 17.6. The Labute approximate surface area is 148 Å². The molecule has 1 amide bonds. The van der Waals surface area contributed by atoms with Crippen molar-refractivity contribution in [3.05, 3.63) is 18.0 Å². The van der Waals surface area contributed by atoms with Crippen molar-refractivity contribution in [2.45, 2.75) is 37.3 Å². The van der Waals surface area contributed by atoms with Gasteiger partial charge in [-0.3, -0.25) is 9.48 Å². The molecule has 0 spiro atoms. The molecule has 2 aliphatic rings. The molecule has 0 N–H and O–H groups in total. The van der Waals surface area contributed by atoms with Crippen molar-refractivity contribution in [2.24, 2.45) is 23.2 Å². The van der Waals surface area contributed by atoms with Crippen molar-refractivity contribution in [3.8, 4) is 12.3 Å². The SMILES string of the molecule is C#CCCC1(CCC(=O)N2C[C@@H](COC)[C@H](c3cnn(C)c3)C2)N=N1. The lowest BCUT2D eigenvalue weighted by molar-refractivity contribution is -0.130. The molecule has 0 bridgehead atoms. The van der Waals surface area contributed by atoms with Gasteiger partial charge in [0.05, 0.1) is 12.8 Å². The van der Waals surface area contributed by atoms with Gasteiger partial charge in [-0.25, -0.2) is 0 Å². The number of likely N-dealkylation sites (tertiary alicyclic amines) is 1. The van der Waals surface area contributed by atoms with E-state index in [1.807, 2.05) is 24.3 Å². The Balaban J connectivity index is 1.57. The van der Waals surface area contributed by atoms with Crippen LogP contribution in [0.2, 0.25) is 0 Å². The number of carbonyl (C=O) groups excluding carboxylic acids is 1. The van der Waals surface area contributed by atoms with E-state index >= 15 is 0 Å². The highest BCUT2D eigenvalue weighted by atomic mass is 16.5. The molecule has 1 saturated heterocycles. The fourth-order valence-corrected chi connectivity index (χ4v) is 3.60. The van der Waals surface area contributed by atoms with E-state index < -0.39 is 5.66 Å². The van der Waals surface area contributed by atoms with Crippen molar-refractivity contribution in [1.82, 2.24) is 14.7 Å². The summed E-state index contributed by atoms with van der Waals surface area (Å²) in [4.78, 5) is 14.6. The third kappa shape index (κ3) is 4.07. The number of rotatable bonds is 8. The van der Waals surface area contributed by atoms with E-state index in [1.165, 1.54) is 0 Å². The molecule has 3 rings (SSSR count). The van der Waals surface area contributed by atoms with Gasteiger partial charge in [0.2, 0.25) is 5.91 Å². The normalized spacial score (nSPS) is 23.6. The summed E-state index contributed by atoms with van der Waals surface area (Å²) in [5.41, 5.74) is 0.772. The quantitative estimate of drug-likeness (QED) is 0.678. The van der Waals surface area contributed by atoms with Gasteiger partial charge in [0.1, 0.15) is 0 Å². The minimum absolute atomic E-state index is 0.157. The monoisotopic (exact) mass is 343 g/mol. The van der Waals surface area contributed by atoms with Gasteiger partial charge in [0.25, 0.3) is 0 Å². The summed E-state index contributed by atoms with van der Waals surface area (Å²) in [5, 5.41) is 12.5. The Morgan fingerprint density at radius 2 is 2.24 bits per heavy atom. The van der Waals surface area contributed by atoms with Crippen molar-refractivity contribution >= 4 is 5.91 Å². The van der Waals surface area contributed by atoms with E-state index in [9.17, 15) is 4.79 Å². The Bertz CT molecular complexity index is 684. The highest BCUT2D eigenvalue weighted by Crippen LogP contribution is 2.38. The van der Waals surface area contributed by atoms with Crippen LogP contribution in [-0.4, -0.2) is 53.1 Å². The maximum Gasteiger partial charge on any atom is 0.222 e. The predicted octanol–water partition coefficient (Wildman–Crippen LogP) is 1.96. The number of amides is 1. The molecule has 1 aromatic rings. The number of ether oxygens (including phenoxy) is 1. The summed E-state index contributed by atoms with van der Waals surface area (Å²) in [6.07, 6.45) is 11.7. The summed E-state index contributed by atoms with van der Waals surface area (Å²) >= 11 is 0. The van der Waals surface area contributed by atoms with Gasteiger partial charge >= 0.3 is 0 Å². The molecule has 25 heavy (non-hydrogen) atoms. The average molecular weight is 343 g/mol. The van der Waals surface area contributed by atoms with Crippen LogP contribution in [0.1, 0.15) is 37.2 Å². The fraction of sp³-hybridized carbons (Fsp3) is 0.667. The molecule has 134 valence electrons. The standard InChI is InChI=1S/C18H25N5O2/c1-4-5-7-18(20-21-18)8-6-17(24)23-11-15(13-25-3)16(12-23)14-9-19-22(2)10-14/h1,9-10,15-16H,5-8,11-13H2,2-3H3/t15-,16-/m0/s1. The van der Waals surface area contributed by atoms with Crippen LogP contribution < -0.4 is 0 Å². The van der Waals surface area contributed by atoms with Gasteiger partial charge in [0.15, 0.2) is 5.66 Å². The Morgan fingerprint density at radius 1 is 1.44 bits per heavy atom. The van der Waals surface area contributed by atoms with Crippen LogP contribution in [0.25, 0.3) is 0 Å². The first-order valence-electron chi connectivity index (χ1n) is 8.69. The maximum absolute atomic E-state index is 12.7. The Kier molecular flexibility index (Phi) is 5.19. The Hall–Kier alpha value is -2.20. The van der Waals surface area contributed by atoms with E-state index in [0.29, 0.717) is 38.3 Å². The van der Waals surface area contributed by atoms with Gasteiger partial charge < -0.3 is 9.64 Å². The van der Waals surface area contributed by atoms with Crippen LogP contribution in [0.5, 0.6) is 0 Å². The van der Waals surface area contributed by atoms with E-state index in [-0.39, 0.29) is 11.8 Å². The van der Waals surface area contributed by atoms with E-state index in [4.69, 9.17) is 11.2 Å². The van der Waals surface area contributed by atoms with E-state index in [0.717, 1.165) is 18.5 Å². The molecule has 0 saturated carbocycles. The van der Waals surface area contributed by atoms with Crippen LogP contribution in [0.15, 0.2) is 22.6 Å². The number of terminal acetylenes is 1. The minimum atomic E-state index is -0.392. The molecule has 7 nitrogen and oxygen atoms in total. The first-order valence-corrected chi connectivity index (χ1v) is 8.69. The van der Waals surface area contributed by atoms with Gasteiger partial charge in [-0.2, -0.15) is 15.3 Å². The summed E-state index contributed by atoms with van der Waals surface area (Å²) in [6.45, 7) is 2.07. The van der Waals surface area contributed by atoms with E-state index in [1.54, 1.807) is 11.8 Å². The van der Waals surface area contributed by atoms with Crippen LogP contribution in [0.4, 0.5) is 0 Å². The highest BCUT2D eigenvalue weighted by molar-refractivity contribution is 5.76. The van der Waals surface area contributed by atoms with Gasteiger partial charge in [0, 0.05) is 71.0 Å². The minimum Gasteiger partial charge on any atom is -0.384 e. The lowest BCUT2D eigenvalue weighted by Crippen LogP contribution is -2.30. The smallest absolute Gasteiger partial charge is 0.222 e. The molecule has 0 radical (unpaired) electrons. The molecule has 7 heteroatoms. The molecule has 2 atom stereocenters.